The molecule has 0 aromatic heterocycles. The number of fused-ring (bicyclic) bond motifs is 4. The van der Waals surface area contributed by atoms with Crippen LogP contribution in [0.4, 0.5) is 22.7 Å². The van der Waals surface area contributed by atoms with Crippen molar-refractivity contribution in [2.24, 2.45) is 5.73 Å². The number of hydrogen-bond donors (Lipinski definition) is 2. The normalized spacial score (nSPS) is 12.8. The SMILES string of the molecule is Cc1ccc(S(=O)(=O)NCCCN2c3ccccc3Sc3ccc(Cl)cc32)cc1.Cl.NCCCN1c2ccccc2Sc2ccc(Cl)cc21. The van der Waals surface area contributed by atoms with E-state index in [0.29, 0.717) is 36.0 Å². The smallest absolute Gasteiger partial charge is 0.240 e. The first-order valence-electron chi connectivity index (χ1n) is 15.7. The third-order valence-corrected chi connectivity index (χ3v) is 12.2. The highest BCUT2D eigenvalue weighted by molar-refractivity contribution is 8.00. The predicted molar refractivity (Wildman–Crippen MR) is 210 cm³/mol. The van der Waals surface area contributed by atoms with E-state index in [4.69, 9.17) is 28.9 Å². The molecule has 0 fully saturated rings. The Labute approximate surface area is 313 Å². The topological polar surface area (TPSA) is 78.7 Å². The summed E-state index contributed by atoms with van der Waals surface area (Å²) in [5.41, 5.74) is 11.3. The van der Waals surface area contributed by atoms with E-state index in [9.17, 15) is 8.42 Å². The van der Waals surface area contributed by atoms with Crippen LogP contribution in [0, 0.1) is 6.92 Å². The van der Waals surface area contributed by atoms with Crippen molar-refractivity contribution in [2.45, 2.75) is 44.2 Å². The number of nitrogens with one attached hydrogen (secondary N) is 1. The van der Waals surface area contributed by atoms with Crippen LogP contribution < -0.4 is 20.3 Å². The van der Waals surface area contributed by atoms with Crippen LogP contribution in [-0.4, -0.2) is 34.6 Å². The molecule has 256 valence electrons. The molecule has 2 aliphatic rings. The van der Waals surface area contributed by atoms with Gasteiger partial charge >= 0.3 is 0 Å². The zero-order valence-corrected chi connectivity index (χ0v) is 31.6. The molecule has 2 aliphatic heterocycles. The average Bonchev–Trinajstić information content (AvgIpc) is 3.09. The van der Waals surface area contributed by atoms with Crippen molar-refractivity contribution in [3.8, 4) is 0 Å². The van der Waals surface area contributed by atoms with Gasteiger partial charge in [0.1, 0.15) is 0 Å². The number of hydrogen-bond acceptors (Lipinski definition) is 7. The maximum Gasteiger partial charge on any atom is 0.240 e. The van der Waals surface area contributed by atoms with Gasteiger partial charge in [0.15, 0.2) is 0 Å². The van der Waals surface area contributed by atoms with Crippen molar-refractivity contribution >= 4 is 91.9 Å². The van der Waals surface area contributed by atoms with E-state index >= 15 is 0 Å². The molecule has 7 rings (SSSR count). The van der Waals surface area contributed by atoms with Gasteiger partial charge in [0.2, 0.25) is 10.0 Å². The van der Waals surface area contributed by atoms with Gasteiger partial charge in [-0.15, -0.1) is 12.4 Å². The second kappa shape index (κ2) is 16.9. The van der Waals surface area contributed by atoms with Gasteiger partial charge in [-0.2, -0.15) is 0 Å². The van der Waals surface area contributed by atoms with Gasteiger partial charge in [-0.25, -0.2) is 13.1 Å². The number of nitrogens with two attached hydrogens (primary N) is 1. The fraction of sp³-hybridized carbons (Fsp3) is 0.189. The first kappa shape index (κ1) is 37.4. The van der Waals surface area contributed by atoms with Crippen LogP contribution in [-0.2, 0) is 10.0 Å². The number of anilines is 4. The highest BCUT2D eigenvalue weighted by atomic mass is 35.5. The third kappa shape index (κ3) is 8.90. The third-order valence-electron chi connectivity index (χ3n) is 7.94. The van der Waals surface area contributed by atoms with E-state index in [0.717, 1.165) is 39.8 Å². The minimum atomic E-state index is -3.50. The standard InChI is InChI=1S/C22H21ClN2O2S2.C15H15ClN2S.ClH/c1-16-7-10-18(11-8-16)29(26,27)24-13-4-14-25-19-5-2-3-6-21(19)28-22-12-9-17(23)15-20(22)25;16-11-6-7-15-13(10-11)18(9-3-8-17)12-4-1-2-5-14(12)19-15;/h2-3,5-12,15,24H,4,13-14H2,1H3;1-2,4-7,10H,3,8-9,17H2;1H. The van der Waals surface area contributed by atoms with Gasteiger partial charge in [-0.05, 0) is 99.1 Å². The quantitative estimate of drug-likeness (QED) is 0.145. The number of benzene rings is 5. The zero-order valence-electron chi connectivity index (χ0n) is 26.8. The molecule has 0 unspecified atom stereocenters. The van der Waals surface area contributed by atoms with Crippen molar-refractivity contribution in [3.05, 3.63) is 125 Å². The molecular formula is C37H37Cl3N4O2S3. The molecule has 3 N–H and O–H groups in total. The Bertz CT molecular complexity index is 2010. The van der Waals surface area contributed by atoms with E-state index in [1.807, 2.05) is 49.4 Å². The Morgan fingerprint density at radius 3 is 1.63 bits per heavy atom. The van der Waals surface area contributed by atoms with Crippen LogP contribution in [0.5, 0.6) is 0 Å². The molecule has 5 aromatic rings. The van der Waals surface area contributed by atoms with Gasteiger partial charge in [0, 0.05) is 49.3 Å². The fourth-order valence-corrected chi connectivity index (χ4v) is 9.14. The van der Waals surface area contributed by atoms with Gasteiger partial charge in [0.25, 0.3) is 0 Å². The van der Waals surface area contributed by atoms with Crippen LogP contribution in [0.15, 0.2) is 134 Å². The Hall–Kier alpha value is -2.86. The summed E-state index contributed by atoms with van der Waals surface area (Å²) in [6.45, 7) is 4.59. The first-order chi connectivity index (χ1) is 23.2. The summed E-state index contributed by atoms with van der Waals surface area (Å²) in [7, 11) is -3.50. The Morgan fingerprint density at radius 2 is 1.12 bits per heavy atom. The van der Waals surface area contributed by atoms with E-state index < -0.39 is 10.0 Å². The van der Waals surface area contributed by atoms with E-state index in [1.54, 1.807) is 47.8 Å². The molecular weight excluding hydrogens is 735 g/mol. The van der Waals surface area contributed by atoms with Gasteiger partial charge < -0.3 is 15.5 Å². The van der Waals surface area contributed by atoms with Crippen molar-refractivity contribution < 1.29 is 8.42 Å². The maximum atomic E-state index is 12.5. The summed E-state index contributed by atoms with van der Waals surface area (Å²) >= 11 is 15.9. The first-order valence-corrected chi connectivity index (χ1v) is 19.5. The summed E-state index contributed by atoms with van der Waals surface area (Å²) in [4.78, 5) is 9.69. The Morgan fingerprint density at radius 1 is 0.653 bits per heavy atom. The number of nitrogens with zero attached hydrogens (tertiary/aromatic N) is 2. The van der Waals surface area contributed by atoms with Crippen molar-refractivity contribution in [1.29, 1.82) is 0 Å². The lowest BCUT2D eigenvalue weighted by Gasteiger charge is -2.33. The fourth-order valence-electron chi connectivity index (χ4n) is 5.58. The lowest BCUT2D eigenvalue weighted by molar-refractivity contribution is 0.579. The predicted octanol–water partition coefficient (Wildman–Crippen LogP) is 10.3. The molecule has 0 amide bonds. The molecule has 0 saturated carbocycles. The van der Waals surface area contributed by atoms with Crippen molar-refractivity contribution in [2.75, 3.05) is 36.0 Å². The van der Waals surface area contributed by atoms with Gasteiger partial charge in [-0.1, -0.05) is 88.7 Å². The number of para-hydroxylation sites is 2. The van der Waals surface area contributed by atoms with E-state index in [2.05, 4.69) is 57.0 Å². The number of halogens is 3. The Balaban J connectivity index is 0.000000203. The average molecular weight is 772 g/mol. The van der Waals surface area contributed by atoms with Gasteiger partial charge in [0.05, 0.1) is 27.6 Å². The van der Waals surface area contributed by atoms with E-state index in [-0.39, 0.29) is 12.4 Å². The lowest BCUT2D eigenvalue weighted by atomic mass is 10.2. The molecule has 0 radical (unpaired) electrons. The minimum Gasteiger partial charge on any atom is -0.340 e. The summed E-state index contributed by atoms with van der Waals surface area (Å²) in [6, 6.07) is 35.5. The highest BCUT2D eigenvalue weighted by Gasteiger charge is 2.24. The van der Waals surface area contributed by atoms with Crippen LogP contribution in [0.3, 0.4) is 0 Å². The molecule has 0 spiro atoms. The molecule has 49 heavy (non-hydrogen) atoms. The molecule has 12 heteroatoms. The largest absolute Gasteiger partial charge is 0.340 e. The molecule has 0 bridgehead atoms. The molecule has 6 nitrogen and oxygen atoms in total. The summed E-state index contributed by atoms with van der Waals surface area (Å²) < 4.78 is 27.7. The summed E-state index contributed by atoms with van der Waals surface area (Å²) in [5.74, 6) is 0. The van der Waals surface area contributed by atoms with Crippen LogP contribution in [0.25, 0.3) is 0 Å². The molecule has 0 atom stereocenters. The maximum absolute atomic E-state index is 12.5. The van der Waals surface area contributed by atoms with E-state index in [1.165, 1.54) is 26.1 Å². The summed E-state index contributed by atoms with van der Waals surface area (Å²) in [5, 5.41) is 1.46. The second-order valence-electron chi connectivity index (χ2n) is 11.4. The number of sulfonamides is 1. The highest BCUT2D eigenvalue weighted by Crippen LogP contribution is 2.50. The molecule has 2 heterocycles. The monoisotopic (exact) mass is 770 g/mol. The number of aryl methyl sites for hydroxylation is 1. The van der Waals surface area contributed by atoms with Crippen molar-refractivity contribution in [1.82, 2.24) is 4.72 Å². The van der Waals surface area contributed by atoms with Crippen molar-refractivity contribution in [3.63, 3.8) is 0 Å². The van der Waals surface area contributed by atoms with Crippen LogP contribution in [0.2, 0.25) is 10.0 Å². The Kier molecular flexibility index (Phi) is 12.9. The molecule has 5 aromatic carbocycles. The number of rotatable bonds is 9. The lowest BCUT2D eigenvalue weighted by Crippen LogP contribution is -2.29. The molecule has 0 saturated heterocycles. The summed E-state index contributed by atoms with van der Waals surface area (Å²) in [6.07, 6.45) is 1.63. The van der Waals surface area contributed by atoms with Crippen LogP contribution in [0.1, 0.15) is 18.4 Å². The second-order valence-corrected chi connectivity index (χ2v) is 16.2. The minimum absolute atomic E-state index is 0. The zero-order chi connectivity index (χ0) is 33.7. The van der Waals surface area contributed by atoms with Gasteiger partial charge in [-0.3, -0.25) is 0 Å². The van der Waals surface area contributed by atoms with Crippen LogP contribution >= 0.6 is 59.1 Å². The molecule has 0 aliphatic carbocycles.